The van der Waals surface area contributed by atoms with Crippen molar-refractivity contribution in [3.8, 4) is 0 Å². The van der Waals surface area contributed by atoms with Crippen molar-refractivity contribution in [3.05, 3.63) is 5.89 Å². The van der Waals surface area contributed by atoms with Crippen molar-refractivity contribution < 1.29 is 4.42 Å². The Hall–Kier alpha value is -1.10. The van der Waals surface area contributed by atoms with Crippen molar-refractivity contribution in [1.29, 1.82) is 0 Å². The van der Waals surface area contributed by atoms with Crippen LogP contribution in [-0.2, 0) is 0 Å². The van der Waals surface area contributed by atoms with Gasteiger partial charge >= 0.3 is 6.01 Å². The lowest BCUT2D eigenvalue weighted by Crippen LogP contribution is -2.49. The number of nitrogens with zero attached hydrogens (tertiary/aromatic N) is 2. The van der Waals surface area contributed by atoms with Crippen LogP contribution in [0.5, 0.6) is 0 Å². The number of rotatable bonds is 4. The minimum absolute atomic E-state index is 0.197. The van der Waals surface area contributed by atoms with E-state index in [1.807, 2.05) is 6.92 Å². The van der Waals surface area contributed by atoms with Crippen molar-refractivity contribution in [2.75, 3.05) is 11.9 Å². The molecule has 1 heterocycles. The monoisotopic (exact) mass is 276 g/mol. The standard InChI is InChI=1S/C15H24N4O/c1-9(16)13-18-19-14(20-13)17-8-15-5-10-2-11(6-15)4-12(3-10)7-15/h9-12H,2-8,16H2,1H3,(H,17,19). The fourth-order valence-electron chi connectivity index (χ4n) is 5.26. The maximum Gasteiger partial charge on any atom is 0.315 e. The van der Waals surface area contributed by atoms with Crippen LogP contribution in [0, 0.1) is 23.2 Å². The van der Waals surface area contributed by atoms with Crippen LogP contribution in [0.4, 0.5) is 6.01 Å². The van der Waals surface area contributed by atoms with E-state index in [0.29, 0.717) is 17.3 Å². The Morgan fingerprint density at radius 1 is 1.20 bits per heavy atom. The van der Waals surface area contributed by atoms with E-state index in [9.17, 15) is 0 Å². The van der Waals surface area contributed by atoms with Crippen LogP contribution < -0.4 is 11.1 Å². The molecule has 5 rings (SSSR count). The van der Waals surface area contributed by atoms with E-state index in [1.54, 1.807) is 0 Å². The molecule has 0 spiro atoms. The van der Waals surface area contributed by atoms with Crippen LogP contribution in [0.2, 0.25) is 0 Å². The minimum Gasteiger partial charge on any atom is -0.406 e. The number of anilines is 1. The highest BCUT2D eigenvalue weighted by molar-refractivity contribution is 5.19. The second-order valence-corrected chi connectivity index (χ2v) is 7.51. The third kappa shape index (κ3) is 2.12. The fraction of sp³-hybridized carbons (Fsp3) is 0.867. The zero-order valence-electron chi connectivity index (χ0n) is 12.1. The molecule has 0 aromatic carbocycles. The molecule has 1 aromatic heterocycles. The van der Waals surface area contributed by atoms with E-state index < -0.39 is 0 Å². The largest absolute Gasteiger partial charge is 0.406 e. The molecule has 110 valence electrons. The molecule has 4 aliphatic rings. The first-order valence-corrected chi connectivity index (χ1v) is 7.95. The molecule has 4 fully saturated rings. The highest BCUT2D eigenvalue weighted by Gasteiger charge is 2.50. The summed E-state index contributed by atoms with van der Waals surface area (Å²) in [5, 5.41) is 11.4. The Morgan fingerprint density at radius 2 is 1.80 bits per heavy atom. The van der Waals surface area contributed by atoms with Crippen LogP contribution in [-0.4, -0.2) is 16.7 Å². The van der Waals surface area contributed by atoms with Gasteiger partial charge in [-0.05, 0) is 68.6 Å². The normalized spacial score (nSPS) is 40.0. The first kappa shape index (κ1) is 12.6. The molecular formula is C15H24N4O. The summed E-state index contributed by atoms with van der Waals surface area (Å²) in [4.78, 5) is 0. The molecule has 3 N–H and O–H groups in total. The van der Waals surface area contributed by atoms with Gasteiger partial charge in [-0.15, -0.1) is 5.10 Å². The van der Waals surface area contributed by atoms with Gasteiger partial charge in [-0.1, -0.05) is 5.10 Å². The summed E-state index contributed by atoms with van der Waals surface area (Å²) in [7, 11) is 0. The topological polar surface area (TPSA) is 77.0 Å². The summed E-state index contributed by atoms with van der Waals surface area (Å²) in [6.45, 7) is 2.84. The Labute approximate surface area is 119 Å². The Balaban J connectivity index is 1.43. The number of aromatic nitrogens is 2. The molecule has 1 unspecified atom stereocenters. The van der Waals surface area contributed by atoms with E-state index in [2.05, 4.69) is 15.5 Å². The quantitative estimate of drug-likeness (QED) is 0.884. The average Bonchev–Trinajstić information content (AvgIpc) is 2.84. The van der Waals surface area contributed by atoms with Crippen molar-refractivity contribution >= 4 is 6.01 Å². The predicted molar refractivity (Wildman–Crippen MR) is 76.0 cm³/mol. The molecule has 20 heavy (non-hydrogen) atoms. The van der Waals surface area contributed by atoms with Gasteiger partial charge in [0, 0.05) is 6.54 Å². The van der Waals surface area contributed by atoms with Gasteiger partial charge in [-0.3, -0.25) is 0 Å². The molecule has 0 radical (unpaired) electrons. The average molecular weight is 276 g/mol. The summed E-state index contributed by atoms with van der Waals surface area (Å²) >= 11 is 0. The zero-order valence-corrected chi connectivity index (χ0v) is 12.1. The summed E-state index contributed by atoms with van der Waals surface area (Å²) in [5.74, 6) is 3.44. The van der Waals surface area contributed by atoms with Crippen molar-refractivity contribution in [2.45, 2.75) is 51.5 Å². The molecule has 1 aromatic rings. The van der Waals surface area contributed by atoms with Crippen LogP contribution in [0.3, 0.4) is 0 Å². The van der Waals surface area contributed by atoms with E-state index in [4.69, 9.17) is 10.2 Å². The van der Waals surface area contributed by atoms with Gasteiger partial charge in [-0.2, -0.15) is 0 Å². The second-order valence-electron chi connectivity index (χ2n) is 7.51. The van der Waals surface area contributed by atoms with Gasteiger partial charge in [0.15, 0.2) is 0 Å². The molecule has 0 saturated heterocycles. The number of nitrogens with one attached hydrogen (secondary N) is 1. The molecule has 0 aliphatic heterocycles. The Bertz CT molecular complexity index is 461. The molecule has 5 heteroatoms. The molecular weight excluding hydrogens is 252 g/mol. The Kier molecular flexibility index (Phi) is 2.81. The van der Waals surface area contributed by atoms with Gasteiger partial charge in [0.1, 0.15) is 0 Å². The van der Waals surface area contributed by atoms with E-state index in [-0.39, 0.29) is 6.04 Å². The first-order valence-electron chi connectivity index (χ1n) is 7.95. The number of hydrogen-bond acceptors (Lipinski definition) is 5. The van der Waals surface area contributed by atoms with Crippen molar-refractivity contribution in [3.63, 3.8) is 0 Å². The first-order chi connectivity index (χ1) is 9.62. The molecule has 5 nitrogen and oxygen atoms in total. The fourth-order valence-corrected chi connectivity index (χ4v) is 5.26. The Morgan fingerprint density at radius 3 is 2.30 bits per heavy atom. The van der Waals surface area contributed by atoms with Crippen molar-refractivity contribution in [2.24, 2.45) is 28.9 Å². The zero-order chi connectivity index (χ0) is 13.7. The van der Waals surface area contributed by atoms with Gasteiger partial charge < -0.3 is 15.5 Å². The predicted octanol–water partition coefficient (Wildman–Crippen LogP) is 2.72. The molecule has 0 amide bonds. The van der Waals surface area contributed by atoms with Crippen molar-refractivity contribution in [1.82, 2.24) is 10.2 Å². The molecule has 4 saturated carbocycles. The second kappa shape index (κ2) is 4.45. The van der Waals surface area contributed by atoms with Gasteiger partial charge in [0.05, 0.1) is 6.04 Å². The van der Waals surface area contributed by atoms with Crippen LogP contribution in [0.15, 0.2) is 4.42 Å². The number of nitrogens with two attached hydrogens (primary N) is 1. The van der Waals surface area contributed by atoms with E-state index in [0.717, 1.165) is 24.3 Å². The molecule has 1 atom stereocenters. The SMILES string of the molecule is CC(N)c1nnc(NCC23CC4CC(CC(C4)C2)C3)o1. The van der Waals surface area contributed by atoms with Gasteiger partial charge in [-0.25, -0.2) is 0 Å². The summed E-state index contributed by atoms with van der Waals surface area (Å²) in [6.07, 6.45) is 8.61. The smallest absolute Gasteiger partial charge is 0.315 e. The maximum atomic E-state index is 5.75. The summed E-state index contributed by atoms with van der Waals surface area (Å²) in [6, 6.07) is 0.339. The van der Waals surface area contributed by atoms with Gasteiger partial charge in [0.2, 0.25) is 5.89 Å². The minimum atomic E-state index is -0.197. The van der Waals surface area contributed by atoms with Gasteiger partial charge in [0.25, 0.3) is 0 Å². The lowest BCUT2D eigenvalue weighted by molar-refractivity contribution is -0.0446. The third-order valence-electron chi connectivity index (χ3n) is 5.61. The highest BCUT2D eigenvalue weighted by atomic mass is 16.4. The third-order valence-corrected chi connectivity index (χ3v) is 5.61. The van der Waals surface area contributed by atoms with Crippen LogP contribution in [0.1, 0.15) is 57.4 Å². The highest BCUT2D eigenvalue weighted by Crippen LogP contribution is 2.59. The van der Waals surface area contributed by atoms with Crippen LogP contribution in [0.25, 0.3) is 0 Å². The van der Waals surface area contributed by atoms with Crippen LogP contribution >= 0.6 is 0 Å². The van der Waals surface area contributed by atoms with E-state index in [1.165, 1.54) is 38.5 Å². The number of hydrogen-bond donors (Lipinski definition) is 2. The van der Waals surface area contributed by atoms with E-state index >= 15 is 0 Å². The molecule has 4 bridgehead atoms. The lowest BCUT2D eigenvalue weighted by Gasteiger charge is -2.56. The maximum absolute atomic E-state index is 5.75. The summed E-state index contributed by atoms with van der Waals surface area (Å²) < 4.78 is 5.55. The lowest BCUT2D eigenvalue weighted by atomic mass is 9.49. The molecule has 4 aliphatic carbocycles. The summed E-state index contributed by atoms with van der Waals surface area (Å²) in [5.41, 5.74) is 6.23.